The molecular formula is C11H16ClN3O3S. The van der Waals surface area contributed by atoms with Gasteiger partial charge in [0.25, 0.3) is 5.91 Å². The Hall–Kier alpha value is -1.18. The highest BCUT2D eigenvalue weighted by Gasteiger charge is 2.14. The minimum Gasteiger partial charge on any atom is -0.351 e. The number of hydrogen-bond donors (Lipinski definition) is 1. The summed E-state index contributed by atoms with van der Waals surface area (Å²) in [6, 6.07) is 3.02. The van der Waals surface area contributed by atoms with Gasteiger partial charge in [-0.2, -0.15) is 0 Å². The zero-order chi connectivity index (χ0) is 14.6. The molecule has 0 spiro atoms. The summed E-state index contributed by atoms with van der Waals surface area (Å²) in [5.41, 5.74) is 0.985. The highest BCUT2D eigenvalue weighted by Crippen LogP contribution is 2.10. The van der Waals surface area contributed by atoms with Gasteiger partial charge in [-0.1, -0.05) is 11.6 Å². The summed E-state index contributed by atoms with van der Waals surface area (Å²) in [6.07, 6.45) is 0. The third-order valence-electron chi connectivity index (χ3n) is 2.39. The lowest BCUT2D eigenvalue weighted by Gasteiger charge is -2.11. The summed E-state index contributed by atoms with van der Waals surface area (Å²) in [5, 5.41) is 2.76. The predicted molar refractivity (Wildman–Crippen MR) is 73.8 cm³/mol. The number of halogens is 1. The van der Waals surface area contributed by atoms with Gasteiger partial charge in [0.1, 0.15) is 5.15 Å². The molecule has 1 aromatic heterocycles. The number of pyridine rings is 1. The van der Waals surface area contributed by atoms with Crippen molar-refractivity contribution >= 4 is 27.5 Å². The van der Waals surface area contributed by atoms with Gasteiger partial charge in [-0.25, -0.2) is 17.7 Å². The van der Waals surface area contributed by atoms with Gasteiger partial charge >= 0.3 is 0 Å². The first kappa shape index (κ1) is 15.9. The second-order valence-electron chi connectivity index (χ2n) is 4.17. The minimum absolute atomic E-state index is 0.0400. The Morgan fingerprint density at radius 2 is 2.05 bits per heavy atom. The molecule has 0 saturated heterocycles. The van der Waals surface area contributed by atoms with E-state index in [1.54, 1.807) is 13.0 Å². The maximum absolute atomic E-state index is 11.8. The Morgan fingerprint density at radius 1 is 1.42 bits per heavy atom. The molecule has 0 atom stereocenters. The van der Waals surface area contributed by atoms with Gasteiger partial charge in [0, 0.05) is 31.9 Å². The number of rotatable bonds is 5. The number of amides is 1. The van der Waals surface area contributed by atoms with Crippen LogP contribution in [0.2, 0.25) is 5.15 Å². The van der Waals surface area contributed by atoms with Gasteiger partial charge in [-0.3, -0.25) is 4.79 Å². The van der Waals surface area contributed by atoms with E-state index in [0.29, 0.717) is 11.3 Å². The molecule has 0 fully saturated rings. The first-order valence-corrected chi connectivity index (χ1v) is 7.53. The Kier molecular flexibility index (Phi) is 5.28. The van der Waals surface area contributed by atoms with Crippen molar-refractivity contribution in [3.63, 3.8) is 0 Å². The van der Waals surface area contributed by atoms with Crippen LogP contribution in [0.5, 0.6) is 0 Å². The second-order valence-corrected chi connectivity index (χ2v) is 6.86. The molecule has 0 unspecified atom stereocenters. The van der Waals surface area contributed by atoms with Crippen LogP contribution < -0.4 is 5.32 Å². The van der Waals surface area contributed by atoms with Gasteiger partial charge < -0.3 is 5.32 Å². The van der Waals surface area contributed by atoms with Crippen LogP contribution in [-0.2, 0) is 10.0 Å². The Labute approximate surface area is 117 Å². The van der Waals surface area contributed by atoms with E-state index in [9.17, 15) is 13.2 Å². The van der Waals surface area contributed by atoms with Crippen LogP contribution in [0.4, 0.5) is 0 Å². The first-order chi connectivity index (χ1) is 8.72. The lowest BCUT2D eigenvalue weighted by Crippen LogP contribution is -2.33. The molecule has 0 aliphatic heterocycles. The van der Waals surface area contributed by atoms with Crippen molar-refractivity contribution in [3.8, 4) is 0 Å². The quantitative estimate of drug-likeness (QED) is 0.811. The third-order valence-corrected chi connectivity index (χ3v) is 4.41. The molecule has 0 saturated carbocycles. The van der Waals surface area contributed by atoms with Crippen LogP contribution in [0, 0.1) is 6.92 Å². The largest absolute Gasteiger partial charge is 0.351 e. The van der Waals surface area contributed by atoms with E-state index in [4.69, 9.17) is 11.6 Å². The monoisotopic (exact) mass is 305 g/mol. The van der Waals surface area contributed by atoms with Crippen molar-refractivity contribution in [2.75, 3.05) is 26.4 Å². The number of sulfonamides is 1. The number of aromatic nitrogens is 1. The van der Waals surface area contributed by atoms with Crippen molar-refractivity contribution in [1.29, 1.82) is 0 Å². The number of hydrogen-bond acceptors (Lipinski definition) is 4. The van der Waals surface area contributed by atoms with E-state index in [2.05, 4.69) is 10.3 Å². The molecule has 1 rings (SSSR count). The summed E-state index contributed by atoms with van der Waals surface area (Å²) in [5.74, 6) is -0.523. The van der Waals surface area contributed by atoms with E-state index in [1.807, 2.05) is 0 Å². The number of carbonyl (C=O) groups is 1. The zero-order valence-corrected chi connectivity index (χ0v) is 12.5. The molecule has 0 bridgehead atoms. The number of carbonyl (C=O) groups excluding carboxylic acids is 1. The third kappa shape index (κ3) is 4.77. The van der Waals surface area contributed by atoms with Gasteiger partial charge in [0.15, 0.2) is 0 Å². The smallest absolute Gasteiger partial charge is 0.251 e. The molecule has 1 N–H and O–H groups in total. The van der Waals surface area contributed by atoms with Crippen LogP contribution in [-0.4, -0.2) is 50.0 Å². The van der Waals surface area contributed by atoms with Crippen LogP contribution >= 0.6 is 11.6 Å². The molecule has 1 amide bonds. The highest BCUT2D eigenvalue weighted by molar-refractivity contribution is 7.89. The highest BCUT2D eigenvalue weighted by atomic mass is 35.5. The molecule has 1 aromatic rings. The normalized spacial score (nSPS) is 11.6. The van der Waals surface area contributed by atoms with Crippen LogP contribution in [0.1, 0.15) is 16.1 Å². The number of nitrogens with one attached hydrogen (secondary N) is 1. The van der Waals surface area contributed by atoms with Gasteiger partial charge in [0.2, 0.25) is 10.0 Å². The molecule has 6 nitrogen and oxygen atoms in total. The molecule has 8 heteroatoms. The lowest BCUT2D eigenvalue weighted by molar-refractivity contribution is 0.0956. The van der Waals surface area contributed by atoms with E-state index >= 15 is 0 Å². The standard InChI is InChI=1S/C11H16ClN3O3S/c1-8-6-9(7-10(12)14-8)11(16)13-4-5-19(17,18)15(2)3/h6-7H,4-5H2,1-3H3,(H,13,16). The van der Waals surface area contributed by atoms with Gasteiger partial charge in [0.05, 0.1) is 5.75 Å². The van der Waals surface area contributed by atoms with Crippen LogP contribution in [0.15, 0.2) is 12.1 Å². The molecule has 0 aromatic carbocycles. The minimum atomic E-state index is -3.31. The fourth-order valence-corrected chi connectivity index (χ4v) is 2.31. The van der Waals surface area contributed by atoms with E-state index in [-0.39, 0.29) is 23.4 Å². The Morgan fingerprint density at radius 3 is 2.58 bits per heavy atom. The molecule has 106 valence electrons. The van der Waals surface area contributed by atoms with E-state index < -0.39 is 10.0 Å². The van der Waals surface area contributed by atoms with Gasteiger partial charge in [-0.05, 0) is 19.1 Å². The number of aryl methyl sites for hydroxylation is 1. The Bertz CT molecular complexity index is 552. The summed E-state index contributed by atoms with van der Waals surface area (Å²) in [6.45, 7) is 1.76. The Balaban J connectivity index is 2.62. The summed E-state index contributed by atoms with van der Waals surface area (Å²) >= 11 is 5.75. The van der Waals surface area contributed by atoms with Crippen molar-refractivity contribution in [2.24, 2.45) is 0 Å². The maximum atomic E-state index is 11.8. The fourth-order valence-electron chi connectivity index (χ4n) is 1.34. The van der Waals surface area contributed by atoms with E-state index in [0.717, 1.165) is 4.31 Å². The lowest BCUT2D eigenvalue weighted by atomic mass is 10.2. The number of nitrogens with zero attached hydrogens (tertiary/aromatic N) is 2. The summed E-state index contributed by atoms with van der Waals surface area (Å²) in [4.78, 5) is 15.7. The van der Waals surface area contributed by atoms with Gasteiger partial charge in [-0.15, -0.1) is 0 Å². The SMILES string of the molecule is Cc1cc(C(=O)NCCS(=O)(=O)N(C)C)cc(Cl)n1. The van der Waals surface area contributed by atoms with Crippen LogP contribution in [0.25, 0.3) is 0 Å². The average Bonchev–Trinajstić information content (AvgIpc) is 2.27. The topological polar surface area (TPSA) is 79.4 Å². The average molecular weight is 306 g/mol. The second kappa shape index (κ2) is 6.31. The molecule has 0 aliphatic carbocycles. The molecular weight excluding hydrogens is 290 g/mol. The molecule has 0 aliphatic rings. The van der Waals surface area contributed by atoms with Crippen molar-refractivity contribution < 1.29 is 13.2 Å². The molecule has 19 heavy (non-hydrogen) atoms. The van der Waals surface area contributed by atoms with Crippen LogP contribution in [0.3, 0.4) is 0 Å². The van der Waals surface area contributed by atoms with Crippen molar-refractivity contribution in [1.82, 2.24) is 14.6 Å². The van der Waals surface area contributed by atoms with Crippen molar-refractivity contribution in [2.45, 2.75) is 6.92 Å². The molecule has 0 radical (unpaired) electrons. The zero-order valence-electron chi connectivity index (χ0n) is 11.0. The predicted octanol–water partition coefficient (Wildman–Crippen LogP) is 0.665. The summed E-state index contributed by atoms with van der Waals surface area (Å²) in [7, 11) is -0.417. The summed E-state index contributed by atoms with van der Waals surface area (Å²) < 4.78 is 24.1. The molecule has 1 heterocycles. The maximum Gasteiger partial charge on any atom is 0.251 e. The van der Waals surface area contributed by atoms with Crippen molar-refractivity contribution in [3.05, 3.63) is 28.5 Å². The first-order valence-electron chi connectivity index (χ1n) is 5.55. The fraction of sp³-hybridized carbons (Fsp3) is 0.455. The van der Waals surface area contributed by atoms with E-state index in [1.165, 1.54) is 20.2 Å².